The van der Waals surface area contributed by atoms with Crippen LogP contribution < -0.4 is 19.2 Å². The Morgan fingerprint density at radius 2 is 1.50 bits per heavy atom. The number of amides is 1. The van der Waals surface area contributed by atoms with Gasteiger partial charge in [0.1, 0.15) is 24.7 Å². The largest absolute Gasteiger partial charge is 0.494 e. The molecule has 0 aliphatic heterocycles. The maximum Gasteiger partial charge on any atom is 0.264 e. The van der Waals surface area contributed by atoms with Crippen molar-refractivity contribution in [1.82, 2.24) is 5.43 Å². The molecule has 1 amide bonds. The maximum atomic E-state index is 13.4. The zero-order valence-corrected chi connectivity index (χ0v) is 23.3. The molecule has 0 saturated carbocycles. The second kappa shape index (κ2) is 13.6. The summed E-state index contributed by atoms with van der Waals surface area (Å²) in [6, 6.07) is 29.0. The number of nitrogens with zero attached hydrogens (tertiary/aromatic N) is 2. The number of hydrazone groups is 1. The number of anilines is 1. The third kappa shape index (κ3) is 7.84. The Morgan fingerprint density at radius 3 is 2.15 bits per heavy atom. The van der Waals surface area contributed by atoms with Gasteiger partial charge < -0.3 is 9.47 Å². The molecule has 0 atom stereocenters. The lowest BCUT2D eigenvalue weighted by Crippen LogP contribution is -2.39. The molecular formula is C30H28ClN3O5S. The van der Waals surface area contributed by atoms with Gasteiger partial charge in [-0.1, -0.05) is 41.9 Å². The minimum Gasteiger partial charge on any atom is -0.494 e. The quantitative estimate of drug-likeness (QED) is 0.173. The second-order valence-electron chi connectivity index (χ2n) is 8.53. The number of rotatable bonds is 12. The SMILES string of the molecule is CCOc1ccc(N(CC(=O)NN=Cc2ccc(OCc3ccc(Cl)cc3)cc2)S(=O)(=O)c2ccccc2)cc1. The standard InChI is InChI=1S/C30H28ClN3O5S/c1-2-38-27-18-14-26(15-19-27)34(40(36,37)29-6-4-3-5-7-29)21-30(35)33-32-20-23-10-16-28(17-11-23)39-22-24-8-12-25(31)13-9-24/h3-20H,2,21-22H2,1H3,(H,33,35). The zero-order valence-electron chi connectivity index (χ0n) is 21.7. The molecular weight excluding hydrogens is 550 g/mol. The minimum absolute atomic E-state index is 0.0681. The number of sulfonamides is 1. The summed E-state index contributed by atoms with van der Waals surface area (Å²) < 4.78 is 39.1. The van der Waals surface area contributed by atoms with Crippen molar-refractivity contribution in [2.75, 3.05) is 17.5 Å². The molecule has 8 nitrogen and oxygen atoms in total. The topological polar surface area (TPSA) is 97.3 Å². The summed E-state index contributed by atoms with van der Waals surface area (Å²) in [4.78, 5) is 12.8. The first kappa shape index (κ1) is 28.7. The van der Waals surface area contributed by atoms with E-state index < -0.39 is 22.5 Å². The smallest absolute Gasteiger partial charge is 0.264 e. The van der Waals surface area contributed by atoms with Gasteiger partial charge in [-0.05, 0) is 90.8 Å². The van der Waals surface area contributed by atoms with Crippen LogP contribution in [0.3, 0.4) is 0 Å². The predicted octanol–water partition coefficient (Wildman–Crippen LogP) is 5.66. The molecule has 206 valence electrons. The summed E-state index contributed by atoms with van der Waals surface area (Å²) in [5.41, 5.74) is 4.44. The van der Waals surface area contributed by atoms with Gasteiger partial charge in [0.15, 0.2) is 0 Å². The number of hydrogen-bond acceptors (Lipinski definition) is 6. The number of ether oxygens (including phenoxy) is 2. The average Bonchev–Trinajstić information content (AvgIpc) is 2.97. The normalized spacial score (nSPS) is 11.2. The third-order valence-electron chi connectivity index (χ3n) is 5.66. The van der Waals surface area contributed by atoms with Crippen LogP contribution in [0.2, 0.25) is 5.02 Å². The first-order valence-corrected chi connectivity index (χ1v) is 14.3. The highest BCUT2D eigenvalue weighted by atomic mass is 35.5. The number of carbonyl (C=O) groups excluding carboxylic acids is 1. The van der Waals surface area contributed by atoms with Crippen molar-refractivity contribution in [3.63, 3.8) is 0 Å². The summed E-state index contributed by atoms with van der Waals surface area (Å²) in [6.07, 6.45) is 1.47. The predicted molar refractivity (Wildman–Crippen MR) is 157 cm³/mol. The van der Waals surface area contributed by atoms with Crippen molar-refractivity contribution in [2.45, 2.75) is 18.4 Å². The second-order valence-corrected chi connectivity index (χ2v) is 10.8. The third-order valence-corrected chi connectivity index (χ3v) is 7.70. The highest BCUT2D eigenvalue weighted by Crippen LogP contribution is 2.26. The lowest BCUT2D eigenvalue weighted by Gasteiger charge is -2.24. The van der Waals surface area contributed by atoms with Crippen molar-refractivity contribution in [3.05, 3.63) is 119 Å². The van der Waals surface area contributed by atoms with Crippen LogP contribution >= 0.6 is 11.6 Å². The first-order chi connectivity index (χ1) is 19.3. The van der Waals surface area contributed by atoms with Gasteiger partial charge in [-0.15, -0.1) is 0 Å². The van der Waals surface area contributed by atoms with Gasteiger partial charge in [0.2, 0.25) is 0 Å². The molecule has 0 radical (unpaired) electrons. The molecule has 0 saturated heterocycles. The van der Waals surface area contributed by atoms with Crippen LogP contribution in [0.25, 0.3) is 0 Å². The molecule has 1 N–H and O–H groups in total. The molecule has 0 fully saturated rings. The van der Waals surface area contributed by atoms with Gasteiger partial charge in [-0.25, -0.2) is 13.8 Å². The van der Waals surface area contributed by atoms with Gasteiger partial charge in [-0.3, -0.25) is 9.10 Å². The molecule has 0 aliphatic rings. The van der Waals surface area contributed by atoms with E-state index in [2.05, 4.69) is 10.5 Å². The van der Waals surface area contributed by atoms with Crippen LogP contribution in [0, 0.1) is 0 Å². The van der Waals surface area contributed by atoms with Crippen molar-refractivity contribution in [3.8, 4) is 11.5 Å². The van der Waals surface area contributed by atoms with Crippen LogP contribution in [0.5, 0.6) is 11.5 Å². The number of hydrogen-bond donors (Lipinski definition) is 1. The lowest BCUT2D eigenvalue weighted by atomic mass is 10.2. The Morgan fingerprint density at radius 1 is 0.875 bits per heavy atom. The fraction of sp³-hybridized carbons (Fsp3) is 0.133. The van der Waals surface area contributed by atoms with Crippen LogP contribution in [0.15, 0.2) is 113 Å². The van der Waals surface area contributed by atoms with E-state index in [1.54, 1.807) is 66.7 Å². The van der Waals surface area contributed by atoms with Crippen molar-refractivity contribution >= 4 is 39.4 Å². The van der Waals surface area contributed by atoms with E-state index in [0.717, 1.165) is 15.4 Å². The number of carbonyl (C=O) groups is 1. The van der Waals surface area contributed by atoms with Gasteiger partial charge in [-0.2, -0.15) is 5.10 Å². The van der Waals surface area contributed by atoms with E-state index in [1.807, 2.05) is 31.2 Å². The first-order valence-electron chi connectivity index (χ1n) is 12.4. The van der Waals surface area contributed by atoms with Crippen LogP contribution in [-0.2, 0) is 21.4 Å². The summed E-state index contributed by atoms with van der Waals surface area (Å²) in [5, 5.41) is 4.66. The number of halogens is 1. The van der Waals surface area contributed by atoms with E-state index in [0.29, 0.717) is 35.4 Å². The molecule has 0 unspecified atom stereocenters. The van der Waals surface area contributed by atoms with Crippen molar-refractivity contribution in [2.24, 2.45) is 5.10 Å². The lowest BCUT2D eigenvalue weighted by molar-refractivity contribution is -0.119. The van der Waals surface area contributed by atoms with Gasteiger partial charge >= 0.3 is 0 Å². The Kier molecular flexibility index (Phi) is 9.77. The fourth-order valence-corrected chi connectivity index (χ4v) is 5.22. The summed E-state index contributed by atoms with van der Waals surface area (Å²) in [7, 11) is -4.02. The average molecular weight is 578 g/mol. The van der Waals surface area contributed by atoms with Crippen LogP contribution in [0.4, 0.5) is 5.69 Å². The fourth-order valence-electron chi connectivity index (χ4n) is 3.65. The molecule has 4 aromatic carbocycles. The van der Waals surface area contributed by atoms with E-state index in [4.69, 9.17) is 21.1 Å². The van der Waals surface area contributed by atoms with E-state index >= 15 is 0 Å². The Labute approximate surface area is 238 Å². The summed E-state index contributed by atoms with van der Waals surface area (Å²) in [6.45, 7) is 2.26. The molecule has 0 bridgehead atoms. The minimum atomic E-state index is -4.02. The van der Waals surface area contributed by atoms with E-state index in [-0.39, 0.29) is 4.90 Å². The van der Waals surface area contributed by atoms with Gasteiger partial charge in [0, 0.05) is 5.02 Å². The Bertz CT molecular complexity index is 1530. The molecule has 10 heteroatoms. The molecule has 4 aromatic rings. The zero-order chi connectivity index (χ0) is 28.4. The molecule has 0 aliphatic carbocycles. The maximum absolute atomic E-state index is 13.4. The molecule has 0 heterocycles. The highest BCUT2D eigenvalue weighted by Gasteiger charge is 2.27. The van der Waals surface area contributed by atoms with E-state index in [9.17, 15) is 13.2 Å². The Balaban J connectivity index is 1.40. The highest BCUT2D eigenvalue weighted by molar-refractivity contribution is 7.92. The van der Waals surface area contributed by atoms with E-state index in [1.165, 1.54) is 18.3 Å². The molecule has 40 heavy (non-hydrogen) atoms. The van der Waals surface area contributed by atoms with Crippen molar-refractivity contribution in [1.29, 1.82) is 0 Å². The summed E-state index contributed by atoms with van der Waals surface area (Å²) in [5.74, 6) is 0.666. The Hall–Kier alpha value is -4.34. The van der Waals surface area contributed by atoms with Crippen LogP contribution in [-0.4, -0.2) is 33.7 Å². The number of benzene rings is 4. The molecule has 0 aromatic heterocycles. The summed E-state index contributed by atoms with van der Waals surface area (Å²) >= 11 is 5.91. The van der Waals surface area contributed by atoms with Crippen molar-refractivity contribution < 1.29 is 22.7 Å². The molecule has 4 rings (SSSR count). The molecule has 0 spiro atoms. The van der Waals surface area contributed by atoms with Gasteiger partial charge in [0.25, 0.3) is 15.9 Å². The number of nitrogens with one attached hydrogen (secondary N) is 1. The van der Waals surface area contributed by atoms with Crippen LogP contribution in [0.1, 0.15) is 18.1 Å². The van der Waals surface area contributed by atoms with Gasteiger partial charge in [0.05, 0.1) is 23.4 Å². The monoisotopic (exact) mass is 577 g/mol.